The van der Waals surface area contributed by atoms with Gasteiger partial charge in [-0.3, -0.25) is 9.59 Å². The van der Waals surface area contributed by atoms with Gasteiger partial charge in [0.2, 0.25) is 5.91 Å². The van der Waals surface area contributed by atoms with E-state index in [2.05, 4.69) is 10.6 Å². The van der Waals surface area contributed by atoms with Crippen molar-refractivity contribution in [1.29, 1.82) is 0 Å². The Bertz CT molecular complexity index is 717. The number of amides is 2. The van der Waals surface area contributed by atoms with Crippen LogP contribution in [-0.2, 0) is 9.53 Å². The number of nitrogens with one attached hydrogen (secondary N) is 2. The van der Waals surface area contributed by atoms with Crippen LogP contribution in [0.3, 0.4) is 0 Å². The molecule has 2 amide bonds. The maximum atomic E-state index is 12.8. The number of rotatable bonds is 6. The van der Waals surface area contributed by atoms with Gasteiger partial charge in [0.05, 0.1) is 6.10 Å². The summed E-state index contributed by atoms with van der Waals surface area (Å²) >= 11 is 0. The first-order valence-electron chi connectivity index (χ1n) is 10.4. The second kappa shape index (κ2) is 9.45. The predicted octanol–water partition coefficient (Wildman–Crippen LogP) is 3.64. The highest BCUT2D eigenvalue weighted by Gasteiger charge is 2.62. The lowest BCUT2D eigenvalue weighted by Gasteiger charge is -2.57. The lowest BCUT2D eigenvalue weighted by atomic mass is 9.54. The van der Waals surface area contributed by atoms with E-state index in [4.69, 9.17) is 10.5 Å². The Hall–Kier alpha value is -1.63. The first-order chi connectivity index (χ1) is 13.3. The molecule has 4 N–H and O–H groups in total. The summed E-state index contributed by atoms with van der Waals surface area (Å²) in [7, 11) is 0. The normalized spacial score (nSPS) is 26.0. The van der Waals surface area contributed by atoms with Crippen LogP contribution in [-0.4, -0.2) is 36.1 Å². The summed E-state index contributed by atoms with van der Waals surface area (Å²) in [6.45, 7) is 6.49. The zero-order chi connectivity index (χ0) is 20.4. The smallest absolute Gasteiger partial charge is 0.251 e. The molecule has 2 fully saturated rings. The number of carbonyl (C=O) groups is 2. The molecule has 2 atom stereocenters. The molecule has 0 aromatic heterocycles. The maximum Gasteiger partial charge on any atom is 0.251 e. The fourth-order valence-electron chi connectivity index (χ4n) is 4.28. The Kier molecular flexibility index (Phi) is 7.71. The van der Waals surface area contributed by atoms with Gasteiger partial charge < -0.3 is 21.1 Å². The molecule has 0 aliphatic heterocycles. The molecule has 29 heavy (non-hydrogen) atoms. The SMILES string of the molecule is CCOC1CC(N)(C(=O)Nc2ccc(C(=O)NC3CCCCC3)cc2)C1(C)C.Cl. The average molecular weight is 424 g/mol. The number of ether oxygens (including phenoxy) is 1. The molecule has 2 unspecified atom stereocenters. The molecule has 162 valence electrons. The van der Waals surface area contributed by atoms with Crippen molar-refractivity contribution in [3.63, 3.8) is 0 Å². The number of halogens is 1. The molecule has 0 radical (unpaired) electrons. The Labute approximate surface area is 179 Å². The molecule has 3 rings (SSSR count). The Morgan fingerprint density at radius 1 is 1.14 bits per heavy atom. The van der Waals surface area contributed by atoms with Crippen LogP contribution >= 0.6 is 12.4 Å². The number of nitrogens with two attached hydrogens (primary N) is 1. The van der Waals surface area contributed by atoms with Gasteiger partial charge in [-0.2, -0.15) is 0 Å². The van der Waals surface area contributed by atoms with Crippen molar-refractivity contribution in [2.24, 2.45) is 11.1 Å². The van der Waals surface area contributed by atoms with Gasteiger partial charge in [-0.15, -0.1) is 12.4 Å². The van der Waals surface area contributed by atoms with Crippen molar-refractivity contribution in [2.75, 3.05) is 11.9 Å². The molecule has 0 heterocycles. The van der Waals surface area contributed by atoms with E-state index in [-0.39, 0.29) is 36.4 Å². The number of carbonyl (C=O) groups excluding carboxylic acids is 2. The quantitative estimate of drug-likeness (QED) is 0.651. The molecule has 0 spiro atoms. The zero-order valence-electron chi connectivity index (χ0n) is 17.6. The highest BCUT2D eigenvalue weighted by molar-refractivity contribution is 6.00. The van der Waals surface area contributed by atoms with Gasteiger partial charge in [-0.05, 0) is 44.0 Å². The highest BCUT2D eigenvalue weighted by atomic mass is 35.5. The summed E-state index contributed by atoms with van der Waals surface area (Å²) < 4.78 is 5.69. The van der Waals surface area contributed by atoms with E-state index < -0.39 is 11.0 Å². The summed E-state index contributed by atoms with van der Waals surface area (Å²) in [5, 5.41) is 6.00. The van der Waals surface area contributed by atoms with Gasteiger partial charge in [0, 0.05) is 35.7 Å². The summed E-state index contributed by atoms with van der Waals surface area (Å²) in [5.41, 5.74) is 6.25. The molecule has 2 saturated carbocycles. The molecule has 1 aromatic carbocycles. The number of hydrogen-bond acceptors (Lipinski definition) is 4. The molecular formula is C22H34ClN3O3. The van der Waals surface area contributed by atoms with E-state index in [1.165, 1.54) is 19.3 Å². The average Bonchev–Trinajstić information content (AvgIpc) is 2.69. The van der Waals surface area contributed by atoms with E-state index in [1.807, 2.05) is 20.8 Å². The van der Waals surface area contributed by atoms with Crippen molar-refractivity contribution < 1.29 is 14.3 Å². The van der Waals surface area contributed by atoms with E-state index in [9.17, 15) is 9.59 Å². The highest BCUT2D eigenvalue weighted by Crippen LogP contribution is 2.50. The minimum atomic E-state index is -0.968. The predicted molar refractivity (Wildman–Crippen MR) is 117 cm³/mol. The monoisotopic (exact) mass is 423 g/mol. The second-order valence-corrected chi connectivity index (χ2v) is 8.68. The lowest BCUT2D eigenvalue weighted by molar-refractivity contribution is -0.166. The van der Waals surface area contributed by atoms with Crippen LogP contribution < -0.4 is 16.4 Å². The standard InChI is InChI=1S/C22H33N3O3.ClH/c1-4-28-18-14-22(23,21(18,2)3)20(27)25-17-12-10-15(11-13-17)19(26)24-16-8-6-5-7-9-16;/h10-13,16,18H,4-9,14,23H2,1-3H3,(H,24,26)(H,25,27);1H. The second-order valence-electron chi connectivity index (χ2n) is 8.68. The molecule has 2 aliphatic rings. The fourth-order valence-corrected chi connectivity index (χ4v) is 4.28. The first-order valence-corrected chi connectivity index (χ1v) is 10.4. The molecular weight excluding hydrogens is 390 g/mol. The molecule has 1 aromatic rings. The van der Waals surface area contributed by atoms with Crippen LogP contribution in [0.2, 0.25) is 0 Å². The Morgan fingerprint density at radius 3 is 2.31 bits per heavy atom. The summed E-state index contributed by atoms with van der Waals surface area (Å²) in [5.74, 6) is -0.271. The van der Waals surface area contributed by atoms with Crippen LogP contribution in [0.1, 0.15) is 69.7 Å². The van der Waals surface area contributed by atoms with E-state index in [1.54, 1.807) is 24.3 Å². The Balaban J connectivity index is 0.00000300. The molecule has 2 aliphatic carbocycles. The van der Waals surface area contributed by atoms with Gasteiger partial charge in [0.25, 0.3) is 5.91 Å². The van der Waals surface area contributed by atoms with Crippen LogP contribution in [0.15, 0.2) is 24.3 Å². The minimum Gasteiger partial charge on any atom is -0.378 e. The first kappa shape index (κ1) is 23.6. The van der Waals surface area contributed by atoms with Crippen molar-refractivity contribution in [3.05, 3.63) is 29.8 Å². The Morgan fingerprint density at radius 2 is 1.76 bits per heavy atom. The maximum absolute atomic E-state index is 12.8. The third kappa shape index (κ3) is 4.76. The van der Waals surface area contributed by atoms with E-state index in [0.29, 0.717) is 24.3 Å². The fraction of sp³-hybridized carbons (Fsp3) is 0.636. The summed E-state index contributed by atoms with van der Waals surface area (Å²) in [6.07, 6.45) is 6.20. The topological polar surface area (TPSA) is 93.4 Å². The minimum absolute atomic E-state index is 0. The van der Waals surface area contributed by atoms with Crippen molar-refractivity contribution in [1.82, 2.24) is 5.32 Å². The van der Waals surface area contributed by atoms with Crippen molar-refractivity contribution in [3.8, 4) is 0 Å². The van der Waals surface area contributed by atoms with E-state index >= 15 is 0 Å². The largest absolute Gasteiger partial charge is 0.378 e. The third-order valence-corrected chi connectivity index (χ3v) is 6.58. The lowest BCUT2D eigenvalue weighted by Crippen LogP contribution is -2.74. The van der Waals surface area contributed by atoms with Gasteiger partial charge in [-0.1, -0.05) is 33.1 Å². The van der Waals surface area contributed by atoms with Crippen molar-refractivity contribution in [2.45, 2.75) is 77.0 Å². The van der Waals surface area contributed by atoms with Crippen LogP contribution in [0.25, 0.3) is 0 Å². The molecule has 6 nitrogen and oxygen atoms in total. The number of anilines is 1. The molecule has 0 bridgehead atoms. The van der Waals surface area contributed by atoms with Gasteiger partial charge in [0.15, 0.2) is 0 Å². The van der Waals surface area contributed by atoms with Gasteiger partial charge in [0.1, 0.15) is 5.54 Å². The summed E-state index contributed by atoms with van der Waals surface area (Å²) in [4.78, 5) is 25.2. The van der Waals surface area contributed by atoms with Gasteiger partial charge in [-0.25, -0.2) is 0 Å². The molecule has 0 saturated heterocycles. The van der Waals surface area contributed by atoms with Crippen LogP contribution in [0.5, 0.6) is 0 Å². The number of benzene rings is 1. The van der Waals surface area contributed by atoms with Crippen LogP contribution in [0, 0.1) is 5.41 Å². The van der Waals surface area contributed by atoms with E-state index in [0.717, 1.165) is 12.8 Å². The van der Waals surface area contributed by atoms with Crippen LogP contribution in [0.4, 0.5) is 5.69 Å². The number of hydrogen-bond donors (Lipinski definition) is 3. The third-order valence-electron chi connectivity index (χ3n) is 6.58. The zero-order valence-corrected chi connectivity index (χ0v) is 18.4. The summed E-state index contributed by atoms with van der Waals surface area (Å²) in [6, 6.07) is 7.26. The van der Waals surface area contributed by atoms with Crippen molar-refractivity contribution >= 4 is 29.9 Å². The molecule has 7 heteroatoms. The van der Waals surface area contributed by atoms with Gasteiger partial charge >= 0.3 is 0 Å².